The molecule has 1 saturated carbocycles. The first-order chi connectivity index (χ1) is 10.2. The van der Waals surface area contributed by atoms with E-state index in [1.54, 1.807) is 0 Å². The molecule has 2 rings (SSSR count). The Balaban J connectivity index is 1.86. The Morgan fingerprint density at radius 2 is 1.90 bits per heavy atom. The van der Waals surface area contributed by atoms with Gasteiger partial charge in [0.25, 0.3) is 0 Å². The number of nitrogens with one attached hydrogen (secondary N) is 2. The third kappa shape index (κ3) is 4.83. The number of hydrogen-bond donors (Lipinski definition) is 3. The van der Waals surface area contributed by atoms with E-state index in [-0.39, 0.29) is 24.6 Å². The van der Waals surface area contributed by atoms with Crippen LogP contribution >= 0.6 is 0 Å². The van der Waals surface area contributed by atoms with Crippen molar-refractivity contribution in [3.05, 3.63) is 35.9 Å². The van der Waals surface area contributed by atoms with E-state index in [0.717, 1.165) is 18.4 Å². The van der Waals surface area contributed by atoms with Crippen molar-refractivity contribution in [1.29, 1.82) is 0 Å². The molecule has 1 amide bonds. The monoisotopic (exact) mass is 290 g/mol. The van der Waals surface area contributed by atoms with Crippen molar-refractivity contribution in [3.63, 3.8) is 0 Å². The molecule has 1 fully saturated rings. The molecule has 0 aromatic heterocycles. The number of aliphatic hydroxyl groups excluding tert-OH is 1. The number of aliphatic hydroxyl groups is 1. The second kappa shape index (κ2) is 8.15. The third-order valence-corrected chi connectivity index (χ3v) is 4.18. The number of rotatable bonds is 6. The fourth-order valence-corrected chi connectivity index (χ4v) is 2.89. The van der Waals surface area contributed by atoms with Gasteiger partial charge in [-0.3, -0.25) is 10.1 Å². The Hall–Kier alpha value is -1.39. The average Bonchev–Trinajstić information content (AvgIpc) is 2.54. The van der Waals surface area contributed by atoms with E-state index in [9.17, 15) is 9.90 Å². The Labute approximate surface area is 126 Å². The van der Waals surface area contributed by atoms with Crippen molar-refractivity contribution in [2.45, 2.75) is 57.2 Å². The molecule has 1 aromatic carbocycles. The molecule has 4 nitrogen and oxygen atoms in total. The lowest BCUT2D eigenvalue weighted by Crippen LogP contribution is -2.48. The Morgan fingerprint density at radius 3 is 2.52 bits per heavy atom. The molecule has 21 heavy (non-hydrogen) atoms. The summed E-state index contributed by atoms with van der Waals surface area (Å²) >= 11 is 0. The molecule has 1 aliphatic rings. The van der Waals surface area contributed by atoms with E-state index in [4.69, 9.17) is 0 Å². The van der Waals surface area contributed by atoms with E-state index >= 15 is 0 Å². The maximum Gasteiger partial charge on any atom is 0.237 e. The van der Waals surface area contributed by atoms with Crippen molar-refractivity contribution in [2.75, 3.05) is 6.61 Å². The van der Waals surface area contributed by atoms with Crippen LogP contribution in [0.3, 0.4) is 0 Å². The van der Waals surface area contributed by atoms with Gasteiger partial charge in [0, 0.05) is 6.04 Å². The van der Waals surface area contributed by atoms with Crippen LogP contribution in [-0.4, -0.2) is 29.7 Å². The van der Waals surface area contributed by atoms with E-state index < -0.39 is 0 Å². The van der Waals surface area contributed by atoms with E-state index in [2.05, 4.69) is 10.6 Å². The van der Waals surface area contributed by atoms with Crippen molar-refractivity contribution in [2.24, 2.45) is 0 Å². The third-order valence-electron chi connectivity index (χ3n) is 4.18. The summed E-state index contributed by atoms with van der Waals surface area (Å²) in [6, 6.07) is 9.53. The van der Waals surface area contributed by atoms with Crippen molar-refractivity contribution in [3.8, 4) is 0 Å². The lowest BCUT2D eigenvalue weighted by Gasteiger charge is -2.26. The van der Waals surface area contributed by atoms with Gasteiger partial charge in [0.15, 0.2) is 0 Å². The smallest absolute Gasteiger partial charge is 0.237 e. The molecule has 0 radical (unpaired) electrons. The highest BCUT2D eigenvalue weighted by atomic mass is 16.3. The SMILES string of the molecule is CC(NC(CO)c1ccccc1)C(=O)NC1CCCCC1. The molecule has 0 heterocycles. The molecule has 0 saturated heterocycles. The highest BCUT2D eigenvalue weighted by molar-refractivity contribution is 5.81. The fraction of sp³-hybridized carbons (Fsp3) is 0.588. The number of carbonyl (C=O) groups is 1. The van der Waals surface area contributed by atoms with Crippen LogP contribution in [0.5, 0.6) is 0 Å². The highest BCUT2D eigenvalue weighted by Gasteiger charge is 2.22. The molecule has 0 spiro atoms. The van der Waals surface area contributed by atoms with Gasteiger partial charge in [-0.15, -0.1) is 0 Å². The van der Waals surface area contributed by atoms with E-state index in [0.29, 0.717) is 6.04 Å². The van der Waals surface area contributed by atoms with Crippen molar-refractivity contribution in [1.82, 2.24) is 10.6 Å². The zero-order chi connectivity index (χ0) is 15.1. The maximum absolute atomic E-state index is 12.2. The number of hydrogen-bond acceptors (Lipinski definition) is 3. The standard InChI is InChI=1S/C17H26N2O2/c1-13(17(21)19-15-10-6-3-7-11-15)18-16(12-20)14-8-4-2-5-9-14/h2,4-5,8-9,13,15-16,18,20H,3,6-7,10-12H2,1H3,(H,19,21). The fourth-order valence-electron chi connectivity index (χ4n) is 2.89. The largest absolute Gasteiger partial charge is 0.394 e. The minimum absolute atomic E-state index is 0.0228. The second-order valence-electron chi connectivity index (χ2n) is 5.88. The Morgan fingerprint density at radius 1 is 1.24 bits per heavy atom. The van der Waals surface area contributed by atoms with Gasteiger partial charge in [-0.05, 0) is 25.3 Å². The van der Waals surface area contributed by atoms with E-state index in [1.807, 2.05) is 37.3 Å². The summed E-state index contributed by atoms with van der Waals surface area (Å²) in [6.07, 6.45) is 5.86. The summed E-state index contributed by atoms with van der Waals surface area (Å²) in [5.74, 6) is 0.0243. The van der Waals surface area contributed by atoms with Crippen LogP contribution in [0.4, 0.5) is 0 Å². The van der Waals surface area contributed by atoms with Gasteiger partial charge < -0.3 is 10.4 Å². The number of amides is 1. The van der Waals surface area contributed by atoms with Crippen LogP contribution in [0.1, 0.15) is 50.6 Å². The predicted molar refractivity (Wildman–Crippen MR) is 83.9 cm³/mol. The quantitative estimate of drug-likeness (QED) is 0.752. The van der Waals surface area contributed by atoms with Crippen LogP contribution < -0.4 is 10.6 Å². The van der Waals surface area contributed by atoms with Gasteiger partial charge in [-0.1, -0.05) is 49.6 Å². The summed E-state index contributed by atoms with van der Waals surface area (Å²) < 4.78 is 0. The average molecular weight is 290 g/mol. The molecule has 4 heteroatoms. The molecular weight excluding hydrogens is 264 g/mol. The summed E-state index contributed by atoms with van der Waals surface area (Å²) in [6.45, 7) is 1.83. The van der Waals surface area contributed by atoms with Gasteiger partial charge in [-0.2, -0.15) is 0 Å². The van der Waals surface area contributed by atoms with Gasteiger partial charge in [0.1, 0.15) is 0 Å². The van der Waals surface area contributed by atoms with Gasteiger partial charge in [0.05, 0.1) is 18.7 Å². The number of benzene rings is 1. The highest BCUT2D eigenvalue weighted by Crippen LogP contribution is 2.18. The normalized spacial score (nSPS) is 19.0. The first-order valence-electron chi connectivity index (χ1n) is 7.93. The van der Waals surface area contributed by atoms with Crippen LogP contribution in [0.15, 0.2) is 30.3 Å². The minimum Gasteiger partial charge on any atom is -0.394 e. The van der Waals surface area contributed by atoms with Gasteiger partial charge in [-0.25, -0.2) is 0 Å². The topological polar surface area (TPSA) is 61.4 Å². The summed E-state index contributed by atoms with van der Waals surface area (Å²) in [7, 11) is 0. The molecule has 2 unspecified atom stereocenters. The molecule has 1 aliphatic carbocycles. The maximum atomic E-state index is 12.2. The number of carbonyl (C=O) groups excluding carboxylic acids is 1. The first kappa shape index (κ1) is 16.0. The summed E-state index contributed by atoms with van der Waals surface area (Å²) in [5, 5.41) is 15.9. The van der Waals surface area contributed by atoms with Crippen LogP contribution in [0.2, 0.25) is 0 Å². The lowest BCUT2D eigenvalue weighted by molar-refractivity contribution is -0.123. The molecule has 3 N–H and O–H groups in total. The second-order valence-corrected chi connectivity index (χ2v) is 5.88. The van der Waals surface area contributed by atoms with E-state index in [1.165, 1.54) is 19.3 Å². The van der Waals surface area contributed by atoms with Crippen LogP contribution in [-0.2, 0) is 4.79 Å². The molecule has 2 atom stereocenters. The van der Waals surface area contributed by atoms with Crippen LogP contribution in [0, 0.1) is 0 Å². The molecule has 0 bridgehead atoms. The molecule has 0 aliphatic heterocycles. The summed E-state index contributed by atoms with van der Waals surface area (Å²) in [4.78, 5) is 12.2. The predicted octanol–water partition coefficient (Wildman–Crippen LogP) is 2.15. The molecule has 1 aromatic rings. The minimum atomic E-state index is -0.315. The first-order valence-corrected chi connectivity index (χ1v) is 7.93. The zero-order valence-electron chi connectivity index (χ0n) is 12.7. The van der Waals surface area contributed by atoms with Crippen molar-refractivity contribution < 1.29 is 9.90 Å². The van der Waals surface area contributed by atoms with Gasteiger partial charge in [0.2, 0.25) is 5.91 Å². The molecule has 116 valence electrons. The zero-order valence-corrected chi connectivity index (χ0v) is 12.7. The Bertz CT molecular complexity index is 430. The summed E-state index contributed by atoms with van der Waals surface area (Å²) in [5.41, 5.74) is 0.998. The van der Waals surface area contributed by atoms with Gasteiger partial charge >= 0.3 is 0 Å². The Kier molecular flexibility index (Phi) is 6.21. The van der Waals surface area contributed by atoms with Crippen molar-refractivity contribution >= 4 is 5.91 Å². The molecular formula is C17H26N2O2. The lowest BCUT2D eigenvalue weighted by atomic mass is 9.95. The van der Waals surface area contributed by atoms with Crippen LogP contribution in [0.25, 0.3) is 0 Å².